The van der Waals surface area contributed by atoms with Crippen LogP contribution in [0.1, 0.15) is 27.8 Å². The lowest BCUT2D eigenvalue weighted by atomic mass is 10.0. The molecule has 30 heavy (non-hydrogen) atoms. The van der Waals surface area contributed by atoms with Crippen LogP contribution in [0.3, 0.4) is 0 Å². The smallest absolute Gasteiger partial charge is 0.335 e. The molecule has 1 heterocycles. The van der Waals surface area contributed by atoms with E-state index in [4.69, 9.17) is 14.1 Å². The standard InChI is InChI=1S/C24H21BrNO3Si/c1-28-24(27)30(16-19-12-13-22(25)21-15-29-14-20(19)21)26-23(17-8-4-2-5-9-17)18-10-6-3-7-11-18/h2-13H,14-16H2,1H3. The molecule has 1 radical (unpaired) electrons. The number of hydrogen-bond donors (Lipinski definition) is 0. The fourth-order valence-electron chi connectivity index (χ4n) is 3.55. The Labute approximate surface area is 186 Å². The third-order valence-electron chi connectivity index (χ3n) is 5.08. The lowest BCUT2D eigenvalue weighted by Crippen LogP contribution is -2.30. The van der Waals surface area contributed by atoms with Gasteiger partial charge in [0, 0.05) is 4.47 Å². The number of carbonyl (C=O) groups excluding carboxylic acids is 1. The fourth-order valence-corrected chi connectivity index (χ4v) is 5.80. The van der Waals surface area contributed by atoms with Gasteiger partial charge in [-0.25, -0.2) is 0 Å². The zero-order valence-electron chi connectivity index (χ0n) is 16.6. The number of hydrogen-bond acceptors (Lipinski definition) is 4. The highest BCUT2D eigenvalue weighted by Gasteiger charge is 2.28. The molecule has 0 aliphatic carbocycles. The Balaban J connectivity index is 1.77. The van der Waals surface area contributed by atoms with Gasteiger partial charge in [0.1, 0.15) is 0 Å². The number of rotatable bonds is 6. The van der Waals surface area contributed by atoms with Crippen LogP contribution in [0.15, 0.2) is 81.9 Å². The van der Waals surface area contributed by atoms with Crippen LogP contribution in [0.25, 0.3) is 0 Å². The van der Waals surface area contributed by atoms with Crippen LogP contribution < -0.4 is 0 Å². The number of halogens is 1. The molecule has 1 aliphatic rings. The third-order valence-corrected chi connectivity index (χ3v) is 7.71. The quantitative estimate of drug-likeness (QED) is 0.350. The molecule has 0 fully saturated rings. The molecule has 0 atom stereocenters. The number of carbonyl (C=O) groups is 1. The topological polar surface area (TPSA) is 47.9 Å². The Hall–Kier alpha value is -2.54. The predicted molar refractivity (Wildman–Crippen MR) is 123 cm³/mol. The van der Waals surface area contributed by atoms with Crippen molar-refractivity contribution in [1.29, 1.82) is 0 Å². The van der Waals surface area contributed by atoms with Crippen molar-refractivity contribution in [2.45, 2.75) is 19.3 Å². The zero-order valence-corrected chi connectivity index (χ0v) is 19.2. The van der Waals surface area contributed by atoms with Crippen molar-refractivity contribution in [1.82, 2.24) is 0 Å². The first-order chi connectivity index (χ1) is 14.7. The number of benzene rings is 3. The van der Waals surface area contributed by atoms with Gasteiger partial charge in [0.25, 0.3) is 5.59 Å². The Morgan fingerprint density at radius 1 is 0.967 bits per heavy atom. The maximum Gasteiger partial charge on any atom is 0.335 e. The van der Waals surface area contributed by atoms with E-state index in [9.17, 15) is 4.79 Å². The lowest BCUT2D eigenvalue weighted by molar-refractivity contribution is 0.134. The van der Waals surface area contributed by atoms with Crippen LogP contribution in [0.2, 0.25) is 0 Å². The Bertz CT molecular complexity index is 1030. The Morgan fingerprint density at radius 3 is 2.17 bits per heavy atom. The summed E-state index contributed by atoms with van der Waals surface area (Å²) < 4.78 is 16.9. The zero-order chi connectivity index (χ0) is 20.9. The second-order valence-corrected chi connectivity index (χ2v) is 9.70. The summed E-state index contributed by atoms with van der Waals surface area (Å²) in [7, 11) is -0.463. The largest absolute Gasteiger partial charge is 0.472 e. The summed E-state index contributed by atoms with van der Waals surface area (Å²) in [5.41, 5.74) is 5.97. The molecule has 0 amide bonds. The van der Waals surface area contributed by atoms with E-state index in [0.29, 0.717) is 19.3 Å². The minimum absolute atomic E-state index is 0.250. The molecule has 0 bridgehead atoms. The Kier molecular flexibility index (Phi) is 6.57. The summed E-state index contributed by atoms with van der Waals surface area (Å²) in [6.45, 7) is 1.15. The normalized spacial score (nSPS) is 12.5. The second kappa shape index (κ2) is 9.51. The molecular weight excluding hydrogens is 458 g/mol. The van der Waals surface area contributed by atoms with Crippen molar-refractivity contribution in [2.24, 2.45) is 4.66 Å². The molecule has 3 aromatic rings. The maximum absolute atomic E-state index is 12.8. The highest BCUT2D eigenvalue weighted by Crippen LogP contribution is 2.31. The van der Waals surface area contributed by atoms with Gasteiger partial charge in [-0.1, -0.05) is 82.7 Å². The van der Waals surface area contributed by atoms with Crippen molar-refractivity contribution < 1.29 is 14.3 Å². The van der Waals surface area contributed by atoms with Crippen LogP contribution in [0, 0.1) is 0 Å². The first-order valence-electron chi connectivity index (χ1n) is 9.68. The summed E-state index contributed by atoms with van der Waals surface area (Å²) in [4.78, 5) is 12.8. The second-order valence-electron chi connectivity index (χ2n) is 6.96. The Morgan fingerprint density at radius 2 is 1.57 bits per heavy atom. The molecule has 0 N–H and O–H groups in total. The van der Waals surface area contributed by atoms with E-state index < -0.39 is 8.96 Å². The van der Waals surface area contributed by atoms with Gasteiger partial charge in [0.15, 0.2) is 0 Å². The van der Waals surface area contributed by atoms with Gasteiger partial charge >= 0.3 is 8.96 Å². The van der Waals surface area contributed by atoms with Crippen molar-refractivity contribution >= 4 is 36.2 Å². The fraction of sp³-hybridized carbons (Fsp3) is 0.167. The van der Waals surface area contributed by atoms with Crippen molar-refractivity contribution in [3.05, 3.63) is 105 Å². The molecule has 6 heteroatoms. The average molecular weight is 479 g/mol. The van der Waals surface area contributed by atoms with Crippen LogP contribution in [0.4, 0.5) is 4.79 Å². The molecule has 4 nitrogen and oxygen atoms in total. The SMILES string of the molecule is COC(=O)[Si](Cc1ccc(Br)c2c1COC2)N=C(c1ccccc1)c1ccccc1. The van der Waals surface area contributed by atoms with E-state index in [1.807, 2.05) is 66.7 Å². The molecule has 0 saturated carbocycles. The molecule has 4 rings (SSSR count). The average Bonchev–Trinajstić information content (AvgIpc) is 3.30. The molecular formula is C24H21BrNO3Si. The summed E-state index contributed by atoms with van der Waals surface area (Å²) in [6, 6.07) is 24.6. The van der Waals surface area contributed by atoms with E-state index >= 15 is 0 Å². The summed E-state index contributed by atoms with van der Waals surface area (Å²) >= 11 is 3.60. The van der Waals surface area contributed by atoms with E-state index in [1.54, 1.807) is 0 Å². The van der Waals surface area contributed by atoms with Gasteiger partial charge in [0.2, 0.25) is 0 Å². The van der Waals surface area contributed by atoms with Crippen molar-refractivity contribution in [3.8, 4) is 0 Å². The predicted octanol–water partition coefficient (Wildman–Crippen LogP) is 5.44. The van der Waals surface area contributed by atoms with Crippen molar-refractivity contribution in [2.75, 3.05) is 7.11 Å². The van der Waals surface area contributed by atoms with Gasteiger partial charge in [-0.15, -0.1) is 0 Å². The number of nitrogens with zero attached hydrogens (tertiary/aromatic N) is 1. The van der Waals surface area contributed by atoms with E-state index in [-0.39, 0.29) is 5.59 Å². The molecule has 3 aromatic carbocycles. The van der Waals surface area contributed by atoms with Gasteiger partial charge < -0.3 is 14.1 Å². The van der Waals surface area contributed by atoms with E-state index in [2.05, 4.69) is 22.0 Å². The monoisotopic (exact) mass is 478 g/mol. The minimum Gasteiger partial charge on any atom is -0.472 e. The lowest BCUT2D eigenvalue weighted by Gasteiger charge is -2.15. The molecule has 151 valence electrons. The van der Waals surface area contributed by atoms with Gasteiger partial charge in [-0.2, -0.15) is 0 Å². The van der Waals surface area contributed by atoms with Crippen LogP contribution in [-0.4, -0.2) is 27.4 Å². The number of ether oxygens (including phenoxy) is 2. The molecule has 1 aliphatic heterocycles. The molecule has 0 aromatic heterocycles. The first kappa shape index (κ1) is 20.7. The molecule has 0 saturated heterocycles. The van der Waals surface area contributed by atoms with Crippen molar-refractivity contribution in [3.63, 3.8) is 0 Å². The van der Waals surface area contributed by atoms with Gasteiger partial charge in [-0.3, -0.25) is 4.79 Å². The first-order valence-corrected chi connectivity index (χ1v) is 12.1. The highest BCUT2D eigenvalue weighted by molar-refractivity contribution is 9.10. The van der Waals surface area contributed by atoms with E-state index in [1.165, 1.54) is 7.11 Å². The summed E-state index contributed by atoms with van der Waals surface area (Å²) in [5.74, 6) is 0. The van der Waals surface area contributed by atoms with Gasteiger partial charge in [0.05, 0.1) is 26.0 Å². The van der Waals surface area contributed by atoms with E-state index in [0.717, 1.165) is 38.0 Å². The number of methoxy groups -OCH3 is 1. The molecule has 0 unspecified atom stereocenters. The summed E-state index contributed by atoms with van der Waals surface area (Å²) in [5, 5.41) is 0. The molecule has 0 spiro atoms. The van der Waals surface area contributed by atoms with Crippen LogP contribution in [-0.2, 0) is 28.7 Å². The highest BCUT2D eigenvalue weighted by atomic mass is 79.9. The van der Waals surface area contributed by atoms with Crippen LogP contribution in [0.5, 0.6) is 0 Å². The third kappa shape index (κ3) is 4.46. The van der Waals surface area contributed by atoms with Gasteiger partial charge in [-0.05, 0) is 39.9 Å². The number of fused-ring (bicyclic) bond motifs is 1. The van der Waals surface area contributed by atoms with Crippen LogP contribution >= 0.6 is 15.9 Å². The summed E-state index contributed by atoms with van der Waals surface area (Å²) in [6.07, 6.45) is 0. The maximum atomic E-state index is 12.8. The minimum atomic E-state index is -1.90.